The Morgan fingerprint density at radius 2 is 1.55 bits per heavy atom. The number of nitrogens with one attached hydrogen (secondary N) is 1. The molecular formula is C33H22ClFN2O3. The molecule has 0 radical (unpaired) electrons. The van der Waals surface area contributed by atoms with Gasteiger partial charge in [-0.15, -0.1) is 0 Å². The Balaban J connectivity index is 1.55. The molecule has 1 amide bonds. The lowest BCUT2D eigenvalue weighted by molar-refractivity contribution is -0.121. The fourth-order valence-corrected chi connectivity index (χ4v) is 6.86. The van der Waals surface area contributed by atoms with E-state index in [2.05, 4.69) is 5.32 Å². The number of nitrogens with zero attached hydrogens (tertiary/aromatic N) is 1. The van der Waals surface area contributed by atoms with E-state index in [4.69, 9.17) is 11.6 Å². The quantitative estimate of drug-likeness (QED) is 0.302. The molecule has 5 nitrogen and oxygen atoms in total. The minimum absolute atomic E-state index is 0.157. The van der Waals surface area contributed by atoms with E-state index in [9.17, 15) is 14.4 Å². The third kappa shape index (κ3) is 3.29. The molecule has 7 heteroatoms. The minimum atomic E-state index is -1.49. The minimum Gasteiger partial charge on any atom is -0.352 e. The summed E-state index contributed by atoms with van der Waals surface area (Å²) in [6.45, 7) is 0. The summed E-state index contributed by atoms with van der Waals surface area (Å²) < 4.78 is 15.2. The van der Waals surface area contributed by atoms with Crippen LogP contribution < -0.4 is 10.2 Å². The second-order valence-corrected chi connectivity index (χ2v) is 10.7. The van der Waals surface area contributed by atoms with Gasteiger partial charge >= 0.3 is 0 Å². The van der Waals surface area contributed by atoms with Crippen molar-refractivity contribution >= 4 is 46.5 Å². The van der Waals surface area contributed by atoms with Crippen LogP contribution in [0, 0.1) is 11.7 Å². The fraction of sp³-hybridized carbons (Fsp3) is 0.121. The van der Waals surface area contributed by atoms with Gasteiger partial charge in [-0.25, -0.2) is 4.39 Å². The van der Waals surface area contributed by atoms with Crippen molar-refractivity contribution in [3.05, 3.63) is 136 Å². The van der Waals surface area contributed by atoms with E-state index < -0.39 is 40.9 Å². The van der Waals surface area contributed by atoms with E-state index in [0.717, 1.165) is 11.3 Å². The van der Waals surface area contributed by atoms with Crippen molar-refractivity contribution in [1.29, 1.82) is 0 Å². The average molecular weight is 549 g/mol. The highest BCUT2D eigenvalue weighted by Crippen LogP contribution is 2.58. The molecule has 3 aliphatic heterocycles. The summed E-state index contributed by atoms with van der Waals surface area (Å²) in [6.07, 6.45) is 3.81. The predicted octanol–water partition coefficient (Wildman–Crippen LogP) is 6.34. The number of carbonyl (C=O) groups is 3. The molecule has 1 N–H and O–H groups in total. The highest BCUT2D eigenvalue weighted by atomic mass is 35.5. The number of amides is 1. The number of ketones is 2. The van der Waals surface area contributed by atoms with Gasteiger partial charge in [0.15, 0.2) is 11.6 Å². The Labute approximate surface area is 234 Å². The number of para-hydroxylation sites is 2. The first-order chi connectivity index (χ1) is 19.4. The number of hydrogen-bond donors (Lipinski definition) is 1. The van der Waals surface area contributed by atoms with Crippen molar-refractivity contribution in [2.45, 2.75) is 17.5 Å². The molecule has 4 atom stereocenters. The molecular weight excluding hydrogens is 527 g/mol. The Hall–Kier alpha value is -4.55. The zero-order valence-corrected chi connectivity index (χ0v) is 21.8. The molecule has 7 rings (SSSR count). The van der Waals surface area contributed by atoms with Crippen molar-refractivity contribution < 1.29 is 18.8 Å². The Kier molecular flexibility index (Phi) is 5.51. The van der Waals surface area contributed by atoms with E-state index in [1.807, 2.05) is 53.5 Å². The Morgan fingerprint density at radius 1 is 0.850 bits per heavy atom. The average Bonchev–Trinajstić information content (AvgIpc) is 3.45. The van der Waals surface area contributed by atoms with E-state index in [1.54, 1.807) is 42.5 Å². The van der Waals surface area contributed by atoms with E-state index in [-0.39, 0.29) is 11.3 Å². The predicted molar refractivity (Wildman–Crippen MR) is 152 cm³/mol. The van der Waals surface area contributed by atoms with E-state index >= 15 is 4.39 Å². The highest BCUT2D eigenvalue weighted by molar-refractivity contribution is 6.30. The van der Waals surface area contributed by atoms with E-state index in [0.29, 0.717) is 21.8 Å². The molecule has 0 saturated carbocycles. The van der Waals surface area contributed by atoms with Gasteiger partial charge in [-0.05, 0) is 59.7 Å². The maximum Gasteiger partial charge on any atom is 0.238 e. The van der Waals surface area contributed by atoms with Crippen LogP contribution in [0.3, 0.4) is 0 Å². The standard InChI is InChI=1S/C33H22ClFN2O3/c34-21-16-13-20(14-17-21)30(38)29-28(31(39)22-8-2-4-10-24(22)35)33(23-9-3-5-11-25(23)36-32(33)40)27-18-15-19-7-1-6-12-26(19)37(27)29/h1-18,27-29H,(H,36,40)/t27-,28+,29-,33-/m0/s1. The smallest absolute Gasteiger partial charge is 0.238 e. The van der Waals surface area contributed by atoms with Gasteiger partial charge in [0.05, 0.1) is 17.5 Å². The maximum atomic E-state index is 15.2. The molecule has 0 aliphatic carbocycles. The van der Waals surface area contributed by atoms with Crippen molar-refractivity contribution in [2.24, 2.45) is 5.92 Å². The number of benzene rings is 4. The molecule has 1 saturated heterocycles. The van der Waals surface area contributed by atoms with Crippen LogP contribution in [0.1, 0.15) is 31.8 Å². The molecule has 1 spiro atoms. The second-order valence-electron chi connectivity index (χ2n) is 10.3. The molecule has 3 heterocycles. The monoisotopic (exact) mass is 548 g/mol. The first kappa shape index (κ1) is 24.5. The zero-order chi connectivity index (χ0) is 27.6. The topological polar surface area (TPSA) is 66.5 Å². The lowest BCUT2D eigenvalue weighted by atomic mass is 9.64. The summed E-state index contributed by atoms with van der Waals surface area (Å²) in [5, 5.41) is 3.44. The molecule has 196 valence electrons. The van der Waals surface area contributed by atoms with Crippen molar-refractivity contribution in [2.75, 3.05) is 10.2 Å². The lowest BCUT2D eigenvalue weighted by Crippen LogP contribution is -2.51. The summed E-state index contributed by atoms with van der Waals surface area (Å²) in [7, 11) is 0. The molecule has 1 fully saturated rings. The summed E-state index contributed by atoms with van der Waals surface area (Å²) in [6, 6.07) is 25.2. The molecule has 0 aromatic heterocycles. The van der Waals surface area contributed by atoms with Crippen LogP contribution >= 0.6 is 11.6 Å². The molecule has 4 aromatic carbocycles. The van der Waals surface area contributed by atoms with Crippen LogP contribution in [0.15, 0.2) is 103 Å². The van der Waals surface area contributed by atoms with Crippen LogP contribution in [-0.2, 0) is 10.2 Å². The van der Waals surface area contributed by atoms with Crippen LogP contribution in [0.4, 0.5) is 15.8 Å². The summed E-state index contributed by atoms with van der Waals surface area (Å²) in [5.41, 5.74) is 1.46. The highest BCUT2D eigenvalue weighted by Gasteiger charge is 2.70. The largest absolute Gasteiger partial charge is 0.352 e. The number of rotatable bonds is 4. The maximum absolute atomic E-state index is 15.2. The van der Waals surface area contributed by atoms with Gasteiger partial charge in [-0.2, -0.15) is 0 Å². The summed E-state index contributed by atoms with van der Waals surface area (Å²) >= 11 is 6.12. The van der Waals surface area contributed by atoms with Gasteiger partial charge < -0.3 is 10.2 Å². The van der Waals surface area contributed by atoms with E-state index in [1.165, 1.54) is 18.2 Å². The fourth-order valence-electron chi connectivity index (χ4n) is 6.73. The van der Waals surface area contributed by atoms with Gasteiger partial charge in [-0.1, -0.05) is 72.3 Å². The number of carbonyl (C=O) groups excluding carboxylic acids is 3. The summed E-state index contributed by atoms with van der Waals surface area (Å²) in [5.74, 6) is -3.29. The first-order valence-corrected chi connectivity index (χ1v) is 13.4. The van der Waals surface area contributed by atoms with Crippen molar-refractivity contribution in [1.82, 2.24) is 0 Å². The van der Waals surface area contributed by atoms with Gasteiger partial charge in [0, 0.05) is 22.0 Å². The van der Waals surface area contributed by atoms with Crippen LogP contribution in [0.5, 0.6) is 0 Å². The van der Waals surface area contributed by atoms with Gasteiger partial charge in [-0.3, -0.25) is 14.4 Å². The number of Topliss-reactive ketones (excluding diaryl/α,β-unsaturated/α-hetero) is 2. The Morgan fingerprint density at radius 3 is 2.35 bits per heavy atom. The number of anilines is 2. The Bertz CT molecular complexity index is 1750. The third-order valence-corrected chi connectivity index (χ3v) is 8.61. The molecule has 4 aromatic rings. The van der Waals surface area contributed by atoms with Crippen LogP contribution in [0.2, 0.25) is 5.02 Å². The SMILES string of the molecule is O=C(c1ccc(Cl)cc1)[C@@H]1[C@H](C(=O)c2ccccc2F)[C@@]2(C(=O)Nc3ccccc32)[C@@H]2C=Cc3ccccc3N12. The van der Waals surface area contributed by atoms with Crippen molar-refractivity contribution in [3.63, 3.8) is 0 Å². The zero-order valence-electron chi connectivity index (χ0n) is 21.1. The summed E-state index contributed by atoms with van der Waals surface area (Å²) in [4.78, 5) is 45.3. The normalized spacial score (nSPS) is 23.9. The second kappa shape index (κ2) is 9.00. The van der Waals surface area contributed by atoms with Crippen LogP contribution in [0.25, 0.3) is 6.08 Å². The molecule has 0 unspecified atom stereocenters. The van der Waals surface area contributed by atoms with Crippen molar-refractivity contribution in [3.8, 4) is 0 Å². The molecule has 40 heavy (non-hydrogen) atoms. The van der Waals surface area contributed by atoms with Gasteiger partial charge in [0.2, 0.25) is 5.91 Å². The first-order valence-electron chi connectivity index (χ1n) is 13.0. The number of hydrogen-bond acceptors (Lipinski definition) is 4. The molecule has 0 bridgehead atoms. The van der Waals surface area contributed by atoms with Crippen LogP contribution in [-0.4, -0.2) is 29.6 Å². The molecule has 3 aliphatic rings. The van der Waals surface area contributed by atoms with Gasteiger partial charge in [0.1, 0.15) is 17.3 Å². The number of fused-ring (bicyclic) bond motifs is 6. The van der Waals surface area contributed by atoms with Gasteiger partial charge in [0.25, 0.3) is 0 Å². The lowest BCUT2D eigenvalue weighted by Gasteiger charge is -2.37. The third-order valence-electron chi connectivity index (χ3n) is 8.36. The number of halogens is 2.